The Labute approximate surface area is 116 Å². The van der Waals surface area contributed by atoms with Gasteiger partial charge in [0.05, 0.1) is 24.6 Å². The van der Waals surface area contributed by atoms with Crippen molar-refractivity contribution in [3.63, 3.8) is 0 Å². The van der Waals surface area contributed by atoms with E-state index in [1.54, 1.807) is 18.4 Å². The van der Waals surface area contributed by atoms with Gasteiger partial charge in [-0.2, -0.15) is 0 Å². The number of hydrogen-bond acceptors (Lipinski definition) is 5. The van der Waals surface area contributed by atoms with Gasteiger partial charge in [0.2, 0.25) is 0 Å². The van der Waals surface area contributed by atoms with E-state index >= 15 is 0 Å². The third-order valence-corrected chi connectivity index (χ3v) is 4.32. The molecule has 3 N–H and O–H groups in total. The zero-order valence-corrected chi connectivity index (χ0v) is 11.5. The van der Waals surface area contributed by atoms with Crippen LogP contribution in [0.3, 0.4) is 0 Å². The maximum Gasteiger partial charge on any atom is 0.134 e. The molecular formula is C14H16N2O2S. The summed E-state index contributed by atoms with van der Waals surface area (Å²) >= 11 is 1.64. The zero-order chi connectivity index (χ0) is 13.2. The summed E-state index contributed by atoms with van der Waals surface area (Å²) in [6, 6.07) is 8.13. The lowest BCUT2D eigenvalue weighted by Crippen LogP contribution is -2.28. The van der Waals surface area contributed by atoms with Crippen molar-refractivity contribution in [2.45, 2.75) is 12.5 Å². The quantitative estimate of drug-likeness (QED) is 0.664. The smallest absolute Gasteiger partial charge is 0.134 e. The van der Waals surface area contributed by atoms with Crippen molar-refractivity contribution in [1.82, 2.24) is 5.43 Å². The number of thiophene rings is 1. The van der Waals surface area contributed by atoms with E-state index < -0.39 is 0 Å². The predicted molar refractivity (Wildman–Crippen MR) is 75.7 cm³/mol. The zero-order valence-electron chi connectivity index (χ0n) is 10.7. The Morgan fingerprint density at radius 1 is 1.42 bits per heavy atom. The molecule has 0 saturated heterocycles. The highest BCUT2D eigenvalue weighted by molar-refractivity contribution is 7.10. The minimum atomic E-state index is -0.0548. The minimum absolute atomic E-state index is 0.0548. The number of nitrogens with one attached hydrogen (secondary N) is 1. The van der Waals surface area contributed by atoms with E-state index in [0.717, 1.165) is 35.0 Å². The van der Waals surface area contributed by atoms with Crippen molar-refractivity contribution < 1.29 is 9.47 Å². The second-order valence-electron chi connectivity index (χ2n) is 4.42. The lowest BCUT2D eigenvalue weighted by molar-refractivity contribution is 0.357. The van der Waals surface area contributed by atoms with Gasteiger partial charge in [0.25, 0.3) is 0 Å². The SMILES string of the molecule is COc1ccsc1C(NN)c1ccc2c(c1)CCO2. The van der Waals surface area contributed by atoms with Gasteiger partial charge in [-0.05, 0) is 34.7 Å². The first-order valence-electron chi connectivity index (χ1n) is 6.16. The molecule has 3 rings (SSSR count). The predicted octanol–water partition coefficient (Wildman–Crippen LogP) is 2.24. The van der Waals surface area contributed by atoms with Crippen molar-refractivity contribution in [3.8, 4) is 11.5 Å². The number of nitrogens with two attached hydrogens (primary N) is 1. The normalized spacial score (nSPS) is 14.8. The van der Waals surface area contributed by atoms with Crippen LogP contribution in [-0.4, -0.2) is 13.7 Å². The van der Waals surface area contributed by atoms with Gasteiger partial charge in [-0.15, -0.1) is 11.3 Å². The molecular weight excluding hydrogens is 260 g/mol. The third kappa shape index (κ3) is 2.20. The average Bonchev–Trinajstić information content (AvgIpc) is 3.07. The number of fused-ring (bicyclic) bond motifs is 1. The standard InChI is InChI=1S/C14H16N2O2S/c1-17-12-5-7-19-14(12)13(16-15)10-2-3-11-9(8-10)4-6-18-11/h2-3,5,7-8,13,16H,4,6,15H2,1H3. The molecule has 0 amide bonds. The molecule has 1 aromatic heterocycles. The second kappa shape index (κ2) is 5.21. The summed E-state index contributed by atoms with van der Waals surface area (Å²) in [5.41, 5.74) is 5.25. The molecule has 0 saturated carbocycles. The number of hydrazine groups is 1. The number of benzene rings is 1. The fourth-order valence-corrected chi connectivity index (χ4v) is 3.34. The summed E-state index contributed by atoms with van der Waals surface area (Å²) < 4.78 is 10.9. The first-order valence-corrected chi connectivity index (χ1v) is 7.04. The molecule has 2 aromatic rings. The van der Waals surface area contributed by atoms with Crippen LogP contribution in [0.4, 0.5) is 0 Å². The highest BCUT2D eigenvalue weighted by atomic mass is 32.1. The Kier molecular flexibility index (Phi) is 3.42. The highest BCUT2D eigenvalue weighted by Gasteiger charge is 2.21. The molecule has 1 aliphatic rings. The van der Waals surface area contributed by atoms with E-state index in [9.17, 15) is 0 Å². The van der Waals surface area contributed by atoms with Gasteiger partial charge in [-0.3, -0.25) is 5.84 Å². The first-order chi connectivity index (χ1) is 9.33. The van der Waals surface area contributed by atoms with Gasteiger partial charge in [0, 0.05) is 6.42 Å². The van der Waals surface area contributed by atoms with Gasteiger partial charge in [0.15, 0.2) is 0 Å². The summed E-state index contributed by atoms with van der Waals surface area (Å²) in [5.74, 6) is 7.58. The fourth-order valence-electron chi connectivity index (χ4n) is 2.40. The van der Waals surface area contributed by atoms with E-state index in [4.69, 9.17) is 15.3 Å². The average molecular weight is 276 g/mol. The Morgan fingerprint density at radius 3 is 3.11 bits per heavy atom. The maximum absolute atomic E-state index is 5.73. The Bertz CT molecular complexity index is 583. The molecule has 0 radical (unpaired) electrons. The van der Waals surface area contributed by atoms with Crippen LogP contribution in [0, 0.1) is 0 Å². The molecule has 1 atom stereocenters. The highest BCUT2D eigenvalue weighted by Crippen LogP contribution is 2.36. The van der Waals surface area contributed by atoms with Gasteiger partial charge in [-0.1, -0.05) is 6.07 Å². The van der Waals surface area contributed by atoms with Crippen molar-refractivity contribution in [2.24, 2.45) is 5.84 Å². The molecule has 2 heterocycles. The second-order valence-corrected chi connectivity index (χ2v) is 5.37. The van der Waals surface area contributed by atoms with Crippen molar-refractivity contribution in [2.75, 3.05) is 13.7 Å². The summed E-state index contributed by atoms with van der Waals surface area (Å²) in [6.07, 6.45) is 0.960. The maximum atomic E-state index is 5.73. The van der Waals surface area contributed by atoms with E-state index in [0.29, 0.717) is 0 Å². The molecule has 1 aliphatic heterocycles. The number of rotatable bonds is 4. The molecule has 5 heteroatoms. The summed E-state index contributed by atoms with van der Waals surface area (Å²) in [4.78, 5) is 1.09. The Balaban J connectivity index is 1.98. The monoisotopic (exact) mass is 276 g/mol. The summed E-state index contributed by atoms with van der Waals surface area (Å²) in [5, 5.41) is 2.01. The molecule has 19 heavy (non-hydrogen) atoms. The van der Waals surface area contributed by atoms with Gasteiger partial charge >= 0.3 is 0 Å². The van der Waals surface area contributed by atoms with Crippen molar-refractivity contribution in [1.29, 1.82) is 0 Å². The largest absolute Gasteiger partial charge is 0.496 e. The van der Waals surface area contributed by atoms with Crippen LogP contribution in [0.15, 0.2) is 29.6 Å². The van der Waals surface area contributed by atoms with Crippen LogP contribution in [0.1, 0.15) is 22.0 Å². The van der Waals surface area contributed by atoms with Crippen LogP contribution in [0.5, 0.6) is 11.5 Å². The van der Waals surface area contributed by atoms with Crippen LogP contribution < -0.4 is 20.7 Å². The van der Waals surface area contributed by atoms with Gasteiger partial charge < -0.3 is 9.47 Å². The summed E-state index contributed by atoms with van der Waals surface area (Å²) in [6.45, 7) is 0.766. The number of hydrogen-bond donors (Lipinski definition) is 2. The van der Waals surface area contributed by atoms with E-state index in [1.165, 1.54) is 5.56 Å². The first kappa shape index (κ1) is 12.5. The third-order valence-electron chi connectivity index (χ3n) is 3.35. The van der Waals surface area contributed by atoms with Crippen LogP contribution in [-0.2, 0) is 6.42 Å². The lowest BCUT2D eigenvalue weighted by Gasteiger charge is -2.17. The number of methoxy groups -OCH3 is 1. The molecule has 0 fully saturated rings. The van der Waals surface area contributed by atoms with E-state index in [1.807, 2.05) is 23.6 Å². The summed E-state index contributed by atoms with van der Waals surface area (Å²) in [7, 11) is 1.68. The van der Waals surface area contributed by atoms with E-state index in [2.05, 4.69) is 11.5 Å². The Morgan fingerprint density at radius 2 is 2.32 bits per heavy atom. The minimum Gasteiger partial charge on any atom is -0.496 e. The number of ether oxygens (including phenoxy) is 2. The molecule has 1 aromatic carbocycles. The van der Waals surface area contributed by atoms with Crippen LogP contribution in [0.25, 0.3) is 0 Å². The fraction of sp³-hybridized carbons (Fsp3) is 0.286. The molecule has 0 aliphatic carbocycles. The lowest BCUT2D eigenvalue weighted by atomic mass is 10.0. The van der Waals surface area contributed by atoms with Crippen molar-refractivity contribution >= 4 is 11.3 Å². The van der Waals surface area contributed by atoms with E-state index in [-0.39, 0.29) is 6.04 Å². The van der Waals surface area contributed by atoms with Crippen LogP contribution >= 0.6 is 11.3 Å². The van der Waals surface area contributed by atoms with Gasteiger partial charge in [0.1, 0.15) is 11.5 Å². The van der Waals surface area contributed by atoms with Gasteiger partial charge in [-0.25, -0.2) is 5.43 Å². The molecule has 1 unspecified atom stereocenters. The molecule has 100 valence electrons. The molecule has 0 bridgehead atoms. The topological polar surface area (TPSA) is 56.5 Å². The Hall–Kier alpha value is -1.56. The molecule has 4 nitrogen and oxygen atoms in total. The van der Waals surface area contributed by atoms with Crippen molar-refractivity contribution in [3.05, 3.63) is 45.6 Å². The molecule has 0 spiro atoms. The van der Waals surface area contributed by atoms with Crippen LogP contribution in [0.2, 0.25) is 0 Å².